The van der Waals surface area contributed by atoms with Crippen LogP contribution in [0, 0.1) is 10.7 Å². The number of thioether (sulfide) groups is 1. The molecule has 0 saturated carbocycles. The molecule has 0 atom stereocenters. The molecule has 0 aliphatic carbocycles. The summed E-state index contributed by atoms with van der Waals surface area (Å²) in [6.07, 6.45) is 3.47. The van der Waals surface area contributed by atoms with E-state index in [2.05, 4.69) is 4.98 Å². The Balaban J connectivity index is 2.76. The van der Waals surface area contributed by atoms with Crippen molar-refractivity contribution in [3.63, 3.8) is 0 Å². The normalized spacial score (nSPS) is 8.89. The number of nitrogens with zero attached hydrogens (tertiary/aromatic N) is 3. The highest BCUT2D eigenvalue weighted by Gasteiger charge is 1.92. The van der Waals surface area contributed by atoms with Crippen molar-refractivity contribution in [1.29, 1.82) is 5.26 Å². The van der Waals surface area contributed by atoms with Gasteiger partial charge in [0.05, 0.1) is 6.33 Å². The molecule has 0 bridgehead atoms. The first-order valence-electron chi connectivity index (χ1n) is 2.37. The van der Waals surface area contributed by atoms with Crippen LogP contribution in [0.4, 0.5) is 0 Å². The van der Waals surface area contributed by atoms with Crippen LogP contribution in [0.3, 0.4) is 0 Å². The minimum absolute atomic E-state index is 0.750. The van der Waals surface area contributed by atoms with Crippen LogP contribution in [-0.2, 0) is 7.05 Å². The summed E-state index contributed by atoms with van der Waals surface area (Å²) in [5.41, 5.74) is 0. The Labute approximate surface area is 57.3 Å². The molecule has 0 aliphatic rings. The molecular formula is C5H5N3S. The van der Waals surface area contributed by atoms with Gasteiger partial charge >= 0.3 is 0 Å². The van der Waals surface area contributed by atoms with Gasteiger partial charge in [0.25, 0.3) is 0 Å². The van der Waals surface area contributed by atoms with Gasteiger partial charge in [0, 0.05) is 25.0 Å². The molecule has 0 N–H and O–H groups in total. The molecule has 0 amide bonds. The number of hydrogen-bond donors (Lipinski definition) is 0. The third-order valence-corrected chi connectivity index (χ3v) is 1.34. The van der Waals surface area contributed by atoms with Crippen molar-refractivity contribution in [2.24, 2.45) is 7.05 Å². The van der Waals surface area contributed by atoms with Crippen LogP contribution < -0.4 is 0 Å². The molecule has 1 aromatic rings. The van der Waals surface area contributed by atoms with E-state index >= 15 is 0 Å². The Bertz CT molecular complexity index is 235. The minimum Gasteiger partial charge on any atom is -0.339 e. The van der Waals surface area contributed by atoms with E-state index in [1.807, 2.05) is 12.4 Å². The molecule has 1 aromatic heterocycles. The second kappa shape index (κ2) is 2.55. The van der Waals surface area contributed by atoms with Gasteiger partial charge < -0.3 is 4.57 Å². The summed E-state index contributed by atoms with van der Waals surface area (Å²) in [6.45, 7) is 0. The topological polar surface area (TPSA) is 41.6 Å². The van der Waals surface area contributed by atoms with Gasteiger partial charge in [-0.15, -0.1) is 0 Å². The zero-order valence-corrected chi connectivity index (χ0v) is 5.72. The zero-order valence-electron chi connectivity index (χ0n) is 4.90. The van der Waals surface area contributed by atoms with E-state index in [9.17, 15) is 0 Å². The molecule has 0 radical (unpaired) electrons. The van der Waals surface area contributed by atoms with Crippen molar-refractivity contribution in [2.75, 3.05) is 0 Å². The average molecular weight is 139 g/mol. The van der Waals surface area contributed by atoms with E-state index in [1.165, 1.54) is 0 Å². The molecule has 0 saturated heterocycles. The van der Waals surface area contributed by atoms with Crippen molar-refractivity contribution in [3.8, 4) is 5.40 Å². The van der Waals surface area contributed by atoms with Gasteiger partial charge in [-0.25, -0.2) is 4.98 Å². The molecular weight excluding hydrogens is 134 g/mol. The Morgan fingerprint density at radius 2 is 2.67 bits per heavy atom. The van der Waals surface area contributed by atoms with Crippen LogP contribution in [0.5, 0.6) is 0 Å². The van der Waals surface area contributed by atoms with Crippen LogP contribution in [0.25, 0.3) is 0 Å². The summed E-state index contributed by atoms with van der Waals surface area (Å²) in [7, 11) is 1.87. The van der Waals surface area contributed by atoms with Crippen molar-refractivity contribution in [3.05, 3.63) is 12.5 Å². The maximum atomic E-state index is 8.19. The fourth-order valence-electron chi connectivity index (χ4n) is 0.488. The van der Waals surface area contributed by atoms with Gasteiger partial charge in [0.2, 0.25) is 0 Å². The first-order chi connectivity index (χ1) is 4.33. The van der Waals surface area contributed by atoms with Gasteiger partial charge in [0.1, 0.15) is 10.4 Å². The van der Waals surface area contributed by atoms with Crippen LogP contribution in [0.2, 0.25) is 0 Å². The highest BCUT2D eigenvalue weighted by atomic mass is 32.2. The van der Waals surface area contributed by atoms with E-state index in [0.29, 0.717) is 0 Å². The number of thiocyanates is 1. The van der Waals surface area contributed by atoms with Crippen LogP contribution in [0.1, 0.15) is 0 Å². The summed E-state index contributed by atoms with van der Waals surface area (Å²) in [5, 5.41) is 10.9. The largest absolute Gasteiger partial charge is 0.339 e. The van der Waals surface area contributed by atoms with Gasteiger partial charge in [-0.05, 0) is 0 Å². The second-order valence-electron chi connectivity index (χ2n) is 1.57. The molecule has 1 rings (SSSR count). The fourth-order valence-corrected chi connectivity index (χ4v) is 0.901. The molecule has 0 fully saturated rings. The van der Waals surface area contributed by atoms with Crippen LogP contribution in [-0.4, -0.2) is 9.55 Å². The third kappa shape index (κ3) is 1.47. The van der Waals surface area contributed by atoms with Crippen molar-refractivity contribution >= 4 is 11.8 Å². The average Bonchev–Trinajstić information content (AvgIpc) is 2.17. The molecule has 4 heteroatoms. The van der Waals surface area contributed by atoms with Gasteiger partial charge in [-0.2, -0.15) is 5.26 Å². The lowest BCUT2D eigenvalue weighted by Gasteiger charge is -1.79. The smallest absolute Gasteiger partial charge is 0.140 e. The van der Waals surface area contributed by atoms with E-state index in [0.717, 1.165) is 16.8 Å². The quantitative estimate of drug-likeness (QED) is 0.430. The predicted molar refractivity (Wildman–Crippen MR) is 34.7 cm³/mol. The molecule has 0 aromatic carbocycles. The molecule has 9 heavy (non-hydrogen) atoms. The molecule has 1 heterocycles. The van der Waals surface area contributed by atoms with Crippen LogP contribution in [0.15, 0.2) is 17.6 Å². The number of aryl methyl sites for hydroxylation is 1. The maximum Gasteiger partial charge on any atom is 0.140 e. The highest BCUT2D eigenvalue weighted by Crippen LogP contribution is 2.11. The standard InChI is InChI=1S/C5H5N3S/c1-8-2-5(7-4-8)9-3-6/h2,4H,1H3. The highest BCUT2D eigenvalue weighted by molar-refractivity contribution is 8.03. The third-order valence-electron chi connectivity index (χ3n) is 0.831. The number of rotatable bonds is 1. The van der Waals surface area contributed by atoms with E-state index in [1.54, 1.807) is 17.1 Å². The zero-order chi connectivity index (χ0) is 6.69. The Morgan fingerprint density at radius 3 is 3.11 bits per heavy atom. The molecule has 46 valence electrons. The van der Waals surface area contributed by atoms with Crippen molar-refractivity contribution in [2.45, 2.75) is 5.03 Å². The second-order valence-corrected chi connectivity index (χ2v) is 2.38. The monoisotopic (exact) mass is 139 g/mol. The molecule has 0 spiro atoms. The number of aromatic nitrogens is 2. The first kappa shape index (κ1) is 6.17. The van der Waals surface area contributed by atoms with Gasteiger partial charge in [0.15, 0.2) is 0 Å². The SMILES string of the molecule is Cn1cnc(SC#N)c1. The van der Waals surface area contributed by atoms with E-state index < -0.39 is 0 Å². The lowest BCUT2D eigenvalue weighted by molar-refractivity contribution is 0.912. The summed E-state index contributed by atoms with van der Waals surface area (Å²) in [4.78, 5) is 3.91. The lowest BCUT2D eigenvalue weighted by Crippen LogP contribution is -1.76. The van der Waals surface area contributed by atoms with Crippen molar-refractivity contribution in [1.82, 2.24) is 9.55 Å². The molecule has 0 unspecified atom stereocenters. The number of nitriles is 1. The molecule has 0 aliphatic heterocycles. The summed E-state index contributed by atoms with van der Waals surface area (Å²) < 4.78 is 1.81. The minimum atomic E-state index is 0.750. The Hall–Kier alpha value is -0.950. The number of imidazole rings is 1. The summed E-state index contributed by atoms with van der Waals surface area (Å²) >= 11 is 1.07. The van der Waals surface area contributed by atoms with Gasteiger partial charge in [-0.1, -0.05) is 0 Å². The maximum absolute atomic E-state index is 8.19. The fraction of sp³-hybridized carbons (Fsp3) is 0.200. The predicted octanol–water partition coefficient (Wildman–Crippen LogP) is 0.993. The summed E-state index contributed by atoms with van der Waals surface area (Å²) in [5.74, 6) is 0. The van der Waals surface area contributed by atoms with E-state index in [-0.39, 0.29) is 0 Å². The van der Waals surface area contributed by atoms with E-state index in [4.69, 9.17) is 5.26 Å². The van der Waals surface area contributed by atoms with Crippen molar-refractivity contribution < 1.29 is 0 Å². The Kier molecular flexibility index (Phi) is 1.75. The first-order valence-corrected chi connectivity index (χ1v) is 3.18. The number of hydrogen-bond acceptors (Lipinski definition) is 3. The Morgan fingerprint density at radius 1 is 1.89 bits per heavy atom. The lowest BCUT2D eigenvalue weighted by atomic mass is 10.9. The molecule has 3 nitrogen and oxygen atoms in total. The van der Waals surface area contributed by atoms with Gasteiger partial charge in [-0.3, -0.25) is 0 Å². The van der Waals surface area contributed by atoms with Crippen LogP contribution >= 0.6 is 11.8 Å². The summed E-state index contributed by atoms with van der Waals surface area (Å²) in [6, 6.07) is 0.